The zero-order valence-corrected chi connectivity index (χ0v) is 13.0. The molecule has 2 heterocycles. The van der Waals surface area contributed by atoms with E-state index in [9.17, 15) is 9.59 Å². The van der Waals surface area contributed by atoms with Gasteiger partial charge in [0.2, 0.25) is 0 Å². The quantitative estimate of drug-likeness (QED) is 0.892. The second-order valence-corrected chi connectivity index (χ2v) is 6.07. The van der Waals surface area contributed by atoms with Gasteiger partial charge in [0.25, 0.3) is 0 Å². The van der Waals surface area contributed by atoms with Crippen molar-refractivity contribution < 1.29 is 14.7 Å². The minimum Gasteiger partial charge on any atom is -0.480 e. The Morgan fingerprint density at radius 3 is 2.57 bits per heavy atom. The Balaban J connectivity index is 1.86. The van der Waals surface area contributed by atoms with Crippen molar-refractivity contribution in [3.05, 3.63) is 22.4 Å². The molecule has 1 aromatic heterocycles. The maximum atomic E-state index is 12.5. The molecule has 0 unspecified atom stereocenters. The molecule has 0 radical (unpaired) electrons. The highest BCUT2D eigenvalue weighted by molar-refractivity contribution is 7.09. The molecule has 0 bridgehead atoms. The minimum absolute atomic E-state index is 0.0425. The maximum Gasteiger partial charge on any atom is 0.320 e. The molecule has 2 amide bonds. The van der Waals surface area contributed by atoms with Gasteiger partial charge in [0.05, 0.1) is 13.1 Å². The molecule has 1 fully saturated rings. The number of piperazine rings is 1. The lowest BCUT2D eigenvalue weighted by atomic mass is 10.3. The van der Waals surface area contributed by atoms with Crippen molar-refractivity contribution in [3.63, 3.8) is 0 Å². The number of hydrogen-bond donors (Lipinski definition) is 1. The summed E-state index contributed by atoms with van der Waals surface area (Å²) in [6, 6.07) is 4.06. The van der Waals surface area contributed by atoms with Gasteiger partial charge in [-0.3, -0.25) is 9.69 Å². The van der Waals surface area contributed by atoms with Crippen LogP contribution >= 0.6 is 11.3 Å². The number of aliphatic carboxylic acids is 1. The van der Waals surface area contributed by atoms with E-state index in [4.69, 9.17) is 5.11 Å². The lowest BCUT2D eigenvalue weighted by Gasteiger charge is -2.36. The predicted molar refractivity (Wildman–Crippen MR) is 81.4 cm³/mol. The Kier molecular flexibility index (Phi) is 5.58. The van der Waals surface area contributed by atoms with Gasteiger partial charge in [-0.25, -0.2) is 4.79 Å². The number of carbonyl (C=O) groups excluding carboxylic acids is 1. The summed E-state index contributed by atoms with van der Waals surface area (Å²) in [5.41, 5.74) is 0. The van der Waals surface area contributed by atoms with Gasteiger partial charge in [0.1, 0.15) is 0 Å². The molecule has 0 atom stereocenters. The fraction of sp³-hybridized carbons (Fsp3) is 0.571. The molecule has 1 aliphatic rings. The summed E-state index contributed by atoms with van der Waals surface area (Å²) in [5.74, 6) is -0.817. The third-order valence-corrected chi connectivity index (χ3v) is 4.44. The smallest absolute Gasteiger partial charge is 0.320 e. The topological polar surface area (TPSA) is 64.1 Å². The van der Waals surface area contributed by atoms with Crippen molar-refractivity contribution in [1.29, 1.82) is 0 Å². The minimum atomic E-state index is -0.817. The number of carboxylic acid groups (broad SMARTS) is 1. The van der Waals surface area contributed by atoms with E-state index in [0.29, 0.717) is 39.3 Å². The lowest BCUT2D eigenvalue weighted by molar-refractivity contribution is -0.138. The van der Waals surface area contributed by atoms with Crippen LogP contribution in [0.1, 0.15) is 11.8 Å². The highest BCUT2D eigenvalue weighted by Gasteiger charge is 2.25. The Hall–Kier alpha value is -1.60. The second-order valence-electron chi connectivity index (χ2n) is 5.03. The number of hydrogen-bond acceptors (Lipinski definition) is 4. The highest BCUT2D eigenvalue weighted by atomic mass is 32.1. The number of nitrogens with zero attached hydrogens (tertiary/aromatic N) is 3. The van der Waals surface area contributed by atoms with E-state index in [2.05, 4.69) is 0 Å². The van der Waals surface area contributed by atoms with Crippen molar-refractivity contribution in [1.82, 2.24) is 14.7 Å². The zero-order chi connectivity index (χ0) is 15.2. The van der Waals surface area contributed by atoms with Crippen LogP contribution in [0.2, 0.25) is 0 Å². The molecule has 1 saturated heterocycles. The molecule has 1 aromatic rings. The number of amides is 2. The monoisotopic (exact) mass is 311 g/mol. The molecular formula is C14H21N3O3S. The number of carbonyl (C=O) groups is 2. The molecule has 116 valence electrons. The van der Waals surface area contributed by atoms with E-state index in [1.807, 2.05) is 39.1 Å². The van der Waals surface area contributed by atoms with Gasteiger partial charge in [-0.15, -0.1) is 11.3 Å². The fourth-order valence-corrected chi connectivity index (χ4v) is 3.11. The van der Waals surface area contributed by atoms with Gasteiger partial charge in [-0.1, -0.05) is 6.07 Å². The lowest BCUT2D eigenvalue weighted by Crippen LogP contribution is -2.53. The summed E-state index contributed by atoms with van der Waals surface area (Å²) in [7, 11) is 0. The van der Waals surface area contributed by atoms with Crippen LogP contribution in [0.15, 0.2) is 17.5 Å². The fourth-order valence-electron chi connectivity index (χ4n) is 2.39. The van der Waals surface area contributed by atoms with Crippen LogP contribution in [-0.4, -0.2) is 71.1 Å². The first-order valence-corrected chi connectivity index (χ1v) is 7.98. The zero-order valence-electron chi connectivity index (χ0n) is 12.2. The van der Waals surface area contributed by atoms with Crippen LogP contribution in [-0.2, 0) is 11.3 Å². The van der Waals surface area contributed by atoms with Gasteiger partial charge >= 0.3 is 12.0 Å². The molecule has 1 aliphatic heterocycles. The predicted octanol–water partition coefficient (Wildman–Crippen LogP) is 1.39. The molecule has 1 N–H and O–H groups in total. The van der Waals surface area contributed by atoms with Crippen LogP contribution in [0.4, 0.5) is 4.79 Å². The summed E-state index contributed by atoms with van der Waals surface area (Å²) in [6.07, 6.45) is 0. The largest absolute Gasteiger partial charge is 0.480 e. The summed E-state index contributed by atoms with van der Waals surface area (Å²) in [5, 5.41) is 10.8. The average molecular weight is 311 g/mol. The van der Waals surface area contributed by atoms with Crippen LogP contribution in [0.25, 0.3) is 0 Å². The van der Waals surface area contributed by atoms with Crippen molar-refractivity contribution in [2.75, 3.05) is 39.3 Å². The molecule has 2 rings (SSSR count). The molecule has 0 saturated carbocycles. The van der Waals surface area contributed by atoms with E-state index < -0.39 is 5.97 Å². The van der Waals surface area contributed by atoms with Gasteiger partial charge in [0.15, 0.2) is 0 Å². The number of rotatable bonds is 5. The van der Waals surface area contributed by atoms with E-state index in [0.717, 1.165) is 0 Å². The van der Waals surface area contributed by atoms with E-state index in [-0.39, 0.29) is 12.6 Å². The number of thiophene rings is 1. The summed E-state index contributed by atoms with van der Waals surface area (Å²) in [6.45, 7) is 5.76. The average Bonchev–Trinajstić information content (AvgIpc) is 2.97. The first kappa shape index (κ1) is 15.8. The van der Waals surface area contributed by atoms with Crippen LogP contribution in [0.5, 0.6) is 0 Å². The molecule has 7 heteroatoms. The SMILES string of the molecule is CCN(Cc1cccs1)C(=O)N1CCN(CC(=O)O)CC1. The number of carboxylic acids is 1. The van der Waals surface area contributed by atoms with Gasteiger partial charge in [-0.2, -0.15) is 0 Å². The second kappa shape index (κ2) is 7.42. The van der Waals surface area contributed by atoms with E-state index in [1.165, 1.54) is 4.88 Å². The highest BCUT2D eigenvalue weighted by Crippen LogP contribution is 2.14. The van der Waals surface area contributed by atoms with Gasteiger partial charge in [-0.05, 0) is 18.4 Å². The third-order valence-electron chi connectivity index (χ3n) is 3.58. The normalized spacial score (nSPS) is 16.0. The standard InChI is InChI=1S/C14H21N3O3S/c1-2-16(10-12-4-3-9-21-12)14(20)17-7-5-15(6-8-17)11-13(18)19/h3-4,9H,2,5-8,10-11H2,1H3,(H,18,19). The number of urea groups is 1. The molecule has 0 aromatic carbocycles. The third kappa shape index (κ3) is 4.44. The van der Waals surface area contributed by atoms with E-state index >= 15 is 0 Å². The maximum absolute atomic E-state index is 12.5. The Morgan fingerprint density at radius 2 is 2.05 bits per heavy atom. The van der Waals surface area contributed by atoms with Gasteiger partial charge < -0.3 is 14.9 Å². The molecule has 6 nitrogen and oxygen atoms in total. The molecular weight excluding hydrogens is 290 g/mol. The summed E-state index contributed by atoms with van der Waals surface area (Å²) < 4.78 is 0. The Morgan fingerprint density at radius 1 is 1.33 bits per heavy atom. The van der Waals surface area contributed by atoms with Crippen LogP contribution in [0.3, 0.4) is 0 Å². The summed E-state index contributed by atoms with van der Waals surface area (Å²) >= 11 is 1.65. The Labute approximate surface area is 128 Å². The molecule has 21 heavy (non-hydrogen) atoms. The van der Waals surface area contributed by atoms with Crippen molar-refractivity contribution in [2.45, 2.75) is 13.5 Å². The van der Waals surface area contributed by atoms with Crippen LogP contribution < -0.4 is 0 Å². The van der Waals surface area contributed by atoms with Crippen LogP contribution in [0, 0.1) is 0 Å². The Bertz CT molecular complexity index is 470. The van der Waals surface area contributed by atoms with Crippen molar-refractivity contribution >= 4 is 23.3 Å². The van der Waals surface area contributed by atoms with Gasteiger partial charge in [0, 0.05) is 37.6 Å². The summed E-state index contributed by atoms with van der Waals surface area (Å²) in [4.78, 5) is 29.9. The van der Waals surface area contributed by atoms with E-state index in [1.54, 1.807) is 11.3 Å². The first-order chi connectivity index (χ1) is 10.1. The van der Waals surface area contributed by atoms with Crippen molar-refractivity contribution in [2.24, 2.45) is 0 Å². The van der Waals surface area contributed by atoms with Crippen molar-refractivity contribution in [3.8, 4) is 0 Å². The molecule has 0 aliphatic carbocycles. The molecule has 0 spiro atoms. The first-order valence-electron chi connectivity index (χ1n) is 7.10.